The molecule has 0 radical (unpaired) electrons. The molecule has 1 aromatic heterocycles. The lowest BCUT2D eigenvalue weighted by Gasteiger charge is -2.06. The molecule has 0 unspecified atom stereocenters. The second-order valence-corrected chi connectivity index (χ2v) is 3.05. The topological polar surface area (TPSA) is 44.2 Å². The van der Waals surface area contributed by atoms with Gasteiger partial charge in [-0.05, 0) is 26.8 Å². The molecule has 4 heteroatoms. The highest BCUT2D eigenvalue weighted by molar-refractivity contribution is 5.53. The molecule has 0 aliphatic rings. The van der Waals surface area contributed by atoms with Crippen molar-refractivity contribution in [1.29, 1.82) is 0 Å². The maximum absolute atomic E-state index is 5.14. The molecule has 82 valence electrons. The standard InChI is InChI=1S/C11H16N2O2/c1-5-15-7-6-10-8(2)12-11(14-4)13-9(10)3/h6-7H,5H2,1-4H3/b7-6+. The van der Waals surface area contributed by atoms with E-state index >= 15 is 0 Å². The van der Waals surface area contributed by atoms with Crippen LogP contribution in [0.2, 0.25) is 0 Å². The summed E-state index contributed by atoms with van der Waals surface area (Å²) in [6, 6.07) is 0.401. The van der Waals surface area contributed by atoms with Crippen molar-refractivity contribution in [2.24, 2.45) is 0 Å². The van der Waals surface area contributed by atoms with Crippen LogP contribution in [-0.4, -0.2) is 23.7 Å². The molecule has 0 aliphatic heterocycles. The zero-order valence-corrected chi connectivity index (χ0v) is 9.57. The third kappa shape index (κ3) is 2.94. The first kappa shape index (κ1) is 11.5. The minimum atomic E-state index is 0.401. The van der Waals surface area contributed by atoms with Gasteiger partial charge in [0, 0.05) is 5.56 Å². The van der Waals surface area contributed by atoms with Crippen molar-refractivity contribution in [1.82, 2.24) is 9.97 Å². The third-order valence-electron chi connectivity index (χ3n) is 1.99. The van der Waals surface area contributed by atoms with Crippen LogP contribution in [0.15, 0.2) is 6.26 Å². The van der Waals surface area contributed by atoms with Crippen LogP contribution < -0.4 is 4.74 Å². The monoisotopic (exact) mass is 208 g/mol. The van der Waals surface area contributed by atoms with Crippen molar-refractivity contribution in [3.05, 3.63) is 23.2 Å². The molecule has 0 fully saturated rings. The molecule has 1 rings (SSSR count). The highest BCUT2D eigenvalue weighted by Crippen LogP contribution is 2.15. The van der Waals surface area contributed by atoms with Crippen molar-refractivity contribution in [3.63, 3.8) is 0 Å². The predicted octanol–water partition coefficient (Wildman–Crippen LogP) is 2.11. The molecular formula is C11H16N2O2. The summed E-state index contributed by atoms with van der Waals surface area (Å²) in [6.45, 7) is 6.44. The van der Waals surface area contributed by atoms with Gasteiger partial charge in [0.25, 0.3) is 0 Å². The number of methoxy groups -OCH3 is 1. The van der Waals surface area contributed by atoms with Crippen LogP contribution in [0.25, 0.3) is 6.08 Å². The SMILES string of the molecule is CCO/C=C/c1c(C)nc(OC)nc1C. The summed E-state index contributed by atoms with van der Waals surface area (Å²) in [5.41, 5.74) is 2.75. The lowest BCUT2D eigenvalue weighted by atomic mass is 10.2. The van der Waals surface area contributed by atoms with Crippen molar-refractivity contribution < 1.29 is 9.47 Å². The van der Waals surface area contributed by atoms with Gasteiger partial charge in [0.2, 0.25) is 0 Å². The van der Waals surface area contributed by atoms with Crippen LogP contribution in [0.4, 0.5) is 0 Å². The largest absolute Gasteiger partial charge is 0.501 e. The Balaban J connectivity index is 2.98. The summed E-state index contributed by atoms with van der Waals surface area (Å²) in [7, 11) is 1.56. The highest BCUT2D eigenvalue weighted by atomic mass is 16.5. The molecule has 0 N–H and O–H groups in total. The normalized spacial score (nSPS) is 10.7. The van der Waals surface area contributed by atoms with E-state index in [0.717, 1.165) is 17.0 Å². The first-order valence-corrected chi connectivity index (χ1v) is 4.86. The van der Waals surface area contributed by atoms with Crippen LogP contribution in [0.1, 0.15) is 23.9 Å². The average molecular weight is 208 g/mol. The molecular weight excluding hydrogens is 192 g/mol. The van der Waals surface area contributed by atoms with Gasteiger partial charge in [-0.25, -0.2) is 0 Å². The Hall–Kier alpha value is -1.58. The van der Waals surface area contributed by atoms with Crippen molar-refractivity contribution in [2.45, 2.75) is 20.8 Å². The Morgan fingerprint density at radius 2 is 1.80 bits per heavy atom. The molecule has 0 bridgehead atoms. The van der Waals surface area contributed by atoms with Gasteiger partial charge in [0.05, 0.1) is 31.4 Å². The van der Waals surface area contributed by atoms with Crippen molar-refractivity contribution >= 4 is 6.08 Å². The number of nitrogens with zero attached hydrogens (tertiary/aromatic N) is 2. The minimum Gasteiger partial charge on any atom is -0.501 e. The Kier molecular flexibility index (Phi) is 4.09. The smallest absolute Gasteiger partial charge is 0.316 e. The fourth-order valence-corrected chi connectivity index (χ4v) is 1.24. The predicted molar refractivity (Wildman–Crippen MR) is 58.7 cm³/mol. The summed E-state index contributed by atoms with van der Waals surface area (Å²) in [5.74, 6) is 0. The fraction of sp³-hybridized carbons (Fsp3) is 0.455. The van der Waals surface area contributed by atoms with Gasteiger partial charge in [-0.3, -0.25) is 0 Å². The molecule has 0 saturated heterocycles. The number of aromatic nitrogens is 2. The average Bonchev–Trinajstić information content (AvgIpc) is 2.22. The van der Waals surface area contributed by atoms with Gasteiger partial charge < -0.3 is 9.47 Å². The van der Waals surface area contributed by atoms with E-state index in [1.165, 1.54) is 0 Å². The number of ether oxygens (including phenoxy) is 2. The Bertz CT molecular complexity index is 339. The van der Waals surface area contributed by atoms with Gasteiger partial charge in [0.15, 0.2) is 0 Å². The van der Waals surface area contributed by atoms with E-state index in [1.807, 2.05) is 26.8 Å². The number of hydrogen-bond acceptors (Lipinski definition) is 4. The second kappa shape index (κ2) is 5.34. The van der Waals surface area contributed by atoms with E-state index in [1.54, 1.807) is 13.4 Å². The lowest BCUT2D eigenvalue weighted by molar-refractivity contribution is 0.272. The Labute approximate surface area is 90.0 Å². The van der Waals surface area contributed by atoms with Crippen LogP contribution >= 0.6 is 0 Å². The van der Waals surface area contributed by atoms with Gasteiger partial charge >= 0.3 is 6.01 Å². The van der Waals surface area contributed by atoms with Crippen LogP contribution in [0, 0.1) is 13.8 Å². The van der Waals surface area contributed by atoms with E-state index in [9.17, 15) is 0 Å². The van der Waals surface area contributed by atoms with Crippen LogP contribution in [0.5, 0.6) is 6.01 Å². The van der Waals surface area contributed by atoms with Crippen molar-refractivity contribution in [3.8, 4) is 6.01 Å². The summed E-state index contributed by atoms with van der Waals surface area (Å²) in [6.07, 6.45) is 3.53. The van der Waals surface area contributed by atoms with Crippen molar-refractivity contribution in [2.75, 3.05) is 13.7 Å². The van der Waals surface area contributed by atoms with Crippen LogP contribution in [0.3, 0.4) is 0 Å². The van der Waals surface area contributed by atoms with Gasteiger partial charge in [-0.1, -0.05) is 0 Å². The minimum absolute atomic E-state index is 0.401. The summed E-state index contributed by atoms with van der Waals surface area (Å²) >= 11 is 0. The fourth-order valence-electron chi connectivity index (χ4n) is 1.24. The molecule has 0 saturated carbocycles. The highest BCUT2D eigenvalue weighted by Gasteiger charge is 2.05. The Morgan fingerprint density at radius 3 is 2.27 bits per heavy atom. The quantitative estimate of drug-likeness (QED) is 0.711. The molecule has 1 aromatic rings. The summed E-state index contributed by atoms with van der Waals surface area (Å²) < 4.78 is 10.1. The van der Waals surface area contributed by atoms with Gasteiger partial charge in [-0.2, -0.15) is 9.97 Å². The molecule has 15 heavy (non-hydrogen) atoms. The number of rotatable bonds is 4. The van der Waals surface area contributed by atoms with E-state index < -0.39 is 0 Å². The third-order valence-corrected chi connectivity index (χ3v) is 1.99. The molecule has 1 heterocycles. The van der Waals surface area contributed by atoms with E-state index in [2.05, 4.69) is 9.97 Å². The summed E-state index contributed by atoms with van der Waals surface area (Å²) in [5, 5.41) is 0. The molecule has 0 atom stereocenters. The number of aryl methyl sites for hydroxylation is 2. The zero-order valence-electron chi connectivity index (χ0n) is 9.57. The zero-order chi connectivity index (χ0) is 11.3. The van der Waals surface area contributed by atoms with E-state index in [0.29, 0.717) is 12.6 Å². The Morgan fingerprint density at radius 1 is 1.20 bits per heavy atom. The molecule has 0 aliphatic carbocycles. The van der Waals surface area contributed by atoms with Crippen LogP contribution in [-0.2, 0) is 4.74 Å². The van der Waals surface area contributed by atoms with E-state index in [4.69, 9.17) is 9.47 Å². The first-order chi connectivity index (χ1) is 7.19. The molecule has 4 nitrogen and oxygen atoms in total. The summed E-state index contributed by atoms with van der Waals surface area (Å²) in [4.78, 5) is 8.38. The molecule has 0 amide bonds. The van der Waals surface area contributed by atoms with Gasteiger partial charge in [-0.15, -0.1) is 0 Å². The maximum Gasteiger partial charge on any atom is 0.316 e. The van der Waals surface area contributed by atoms with E-state index in [-0.39, 0.29) is 0 Å². The lowest BCUT2D eigenvalue weighted by Crippen LogP contribution is -1.99. The molecule has 0 aromatic carbocycles. The first-order valence-electron chi connectivity index (χ1n) is 4.86. The second-order valence-electron chi connectivity index (χ2n) is 3.05. The van der Waals surface area contributed by atoms with Gasteiger partial charge in [0.1, 0.15) is 0 Å². The number of hydrogen-bond donors (Lipinski definition) is 0. The maximum atomic E-state index is 5.14. The molecule has 0 spiro atoms.